The molecular weight excluding hydrogens is 496 g/mol. The number of methoxy groups -OCH3 is 1. The zero-order valence-corrected chi connectivity index (χ0v) is 24.9. The van der Waals surface area contributed by atoms with Gasteiger partial charge in [0, 0.05) is 42.8 Å². The van der Waals surface area contributed by atoms with E-state index >= 15 is 0 Å². The molecule has 4 aromatic rings. The van der Waals surface area contributed by atoms with E-state index in [0.717, 1.165) is 47.5 Å². The van der Waals surface area contributed by atoms with Crippen molar-refractivity contribution in [2.45, 2.75) is 90.1 Å². The minimum atomic E-state index is -1.14. The van der Waals surface area contributed by atoms with E-state index in [9.17, 15) is 0 Å². The zero-order chi connectivity index (χ0) is 27.3. The average Bonchev–Trinajstić information content (AvgIpc) is 3.41. The van der Waals surface area contributed by atoms with Crippen LogP contribution in [0.4, 0.5) is 0 Å². The lowest BCUT2D eigenvalue weighted by Crippen LogP contribution is -2.58. The van der Waals surface area contributed by atoms with E-state index in [1.54, 1.807) is 7.11 Å². The van der Waals surface area contributed by atoms with Crippen LogP contribution in [0.25, 0.3) is 33.3 Å². The quantitative estimate of drug-likeness (QED) is 0.247. The van der Waals surface area contributed by atoms with Gasteiger partial charge in [-0.05, 0) is 58.7 Å². The predicted molar refractivity (Wildman–Crippen MR) is 152 cm³/mol. The molecular formula is C27H40N8O2Si. The molecule has 0 atom stereocenters. The number of fused-ring (bicyclic) bond motifs is 2. The third kappa shape index (κ3) is 5.59. The summed E-state index contributed by atoms with van der Waals surface area (Å²) in [7, 11) is 0.530. The van der Waals surface area contributed by atoms with Crippen LogP contribution >= 0.6 is 0 Å². The molecule has 1 N–H and O–H groups in total. The summed E-state index contributed by atoms with van der Waals surface area (Å²) in [6, 6.07) is 7.28. The van der Waals surface area contributed by atoms with Crippen molar-refractivity contribution < 1.29 is 9.47 Å². The van der Waals surface area contributed by atoms with E-state index in [2.05, 4.69) is 78.3 Å². The van der Waals surface area contributed by atoms with Crippen LogP contribution in [0.15, 0.2) is 24.4 Å². The summed E-state index contributed by atoms with van der Waals surface area (Å²) in [5, 5.41) is 27.4. The van der Waals surface area contributed by atoms with Crippen molar-refractivity contribution in [3.05, 3.63) is 24.4 Å². The molecule has 1 fully saturated rings. The Morgan fingerprint density at radius 3 is 2.45 bits per heavy atom. The minimum Gasteiger partial charge on any atom is -0.496 e. The SMILES string of the molecule is COc1cc2c(cnn2COCC[Si](C)(C)C)cc1-c1cc2nnn(C3CC(C)(C)NC(C)(C)C3)c2nn1. The first kappa shape index (κ1) is 26.7. The Bertz CT molecular complexity index is 1440. The van der Waals surface area contributed by atoms with Crippen molar-refractivity contribution in [1.82, 2.24) is 40.3 Å². The summed E-state index contributed by atoms with van der Waals surface area (Å²) < 4.78 is 15.5. The minimum absolute atomic E-state index is 0.00929. The van der Waals surface area contributed by atoms with Crippen LogP contribution in [0.5, 0.6) is 5.75 Å². The molecule has 38 heavy (non-hydrogen) atoms. The molecule has 5 rings (SSSR count). The van der Waals surface area contributed by atoms with Crippen LogP contribution in [-0.2, 0) is 11.5 Å². The van der Waals surface area contributed by atoms with Gasteiger partial charge < -0.3 is 14.8 Å². The number of benzene rings is 1. The maximum absolute atomic E-state index is 5.93. The second-order valence-electron chi connectivity index (χ2n) is 13.0. The largest absolute Gasteiger partial charge is 0.496 e. The number of nitrogens with zero attached hydrogens (tertiary/aromatic N) is 7. The van der Waals surface area contributed by atoms with Crippen LogP contribution < -0.4 is 10.1 Å². The molecule has 0 unspecified atom stereocenters. The predicted octanol–water partition coefficient (Wildman–Crippen LogP) is 5.04. The Labute approximate surface area is 225 Å². The number of ether oxygens (including phenoxy) is 2. The molecule has 1 aliphatic rings. The third-order valence-electron chi connectivity index (χ3n) is 7.18. The summed E-state index contributed by atoms with van der Waals surface area (Å²) >= 11 is 0. The van der Waals surface area contributed by atoms with Gasteiger partial charge in [0.2, 0.25) is 5.65 Å². The molecule has 204 valence electrons. The van der Waals surface area contributed by atoms with Crippen molar-refractivity contribution in [3.63, 3.8) is 0 Å². The lowest BCUT2D eigenvalue weighted by molar-refractivity contribution is 0.0817. The second-order valence-corrected chi connectivity index (χ2v) is 18.7. The molecule has 1 aromatic carbocycles. The smallest absolute Gasteiger partial charge is 0.201 e. The van der Waals surface area contributed by atoms with Gasteiger partial charge in [-0.1, -0.05) is 24.9 Å². The summed E-state index contributed by atoms with van der Waals surface area (Å²) in [5.74, 6) is 0.698. The monoisotopic (exact) mass is 536 g/mol. The summed E-state index contributed by atoms with van der Waals surface area (Å²) in [5.41, 5.74) is 3.89. The Morgan fingerprint density at radius 2 is 1.76 bits per heavy atom. The van der Waals surface area contributed by atoms with Crippen LogP contribution in [0.2, 0.25) is 25.7 Å². The van der Waals surface area contributed by atoms with Gasteiger partial charge in [-0.25, -0.2) is 9.36 Å². The molecule has 3 aromatic heterocycles. The molecule has 0 saturated carbocycles. The molecule has 1 saturated heterocycles. The highest BCUT2D eigenvalue weighted by atomic mass is 28.3. The highest BCUT2D eigenvalue weighted by Gasteiger charge is 2.39. The van der Waals surface area contributed by atoms with Crippen LogP contribution in [0.3, 0.4) is 0 Å². The van der Waals surface area contributed by atoms with Crippen molar-refractivity contribution in [1.29, 1.82) is 0 Å². The maximum Gasteiger partial charge on any atom is 0.201 e. The van der Waals surface area contributed by atoms with Crippen molar-refractivity contribution in [2.24, 2.45) is 0 Å². The average molecular weight is 537 g/mol. The van der Waals surface area contributed by atoms with Gasteiger partial charge in [-0.3, -0.25) is 0 Å². The van der Waals surface area contributed by atoms with Gasteiger partial charge in [-0.2, -0.15) is 5.10 Å². The van der Waals surface area contributed by atoms with Crippen LogP contribution in [0, 0.1) is 0 Å². The van der Waals surface area contributed by atoms with Gasteiger partial charge >= 0.3 is 0 Å². The van der Waals surface area contributed by atoms with Crippen molar-refractivity contribution >= 4 is 30.1 Å². The molecule has 0 amide bonds. The second kappa shape index (κ2) is 9.69. The lowest BCUT2D eigenvalue weighted by Gasteiger charge is -2.46. The van der Waals surface area contributed by atoms with Gasteiger partial charge in [0.05, 0.1) is 30.6 Å². The normalized spacial score (nSPS) is 17.9. The Hall–Kier alpha value is -2.89. The van der Waals surface area contributed by atoms with E-state index in [0.29, 0.717) is 23.8 Å². The molecule has 0 aliphatic carbocycles. The standard InChI is InChI=1S/C27H40N8O2Si/c1-26(2)14-19(15-27(3,4)32-26)35-25-22(30-33-35)12-21(29-31-25)20-11-18-16-28-34(23(18)13-24(20)36-5)17-37-9-10-38(6,7)8/h11-13,16,19,32H,9-10,14-15,17H2,1-8H3. The van der Waals surface area contributed by atoms with Crippen molar-refractivity contribution in [3.8, 4) is 17.0 Å². The summed E-state index contributed by atoms with van der Waals surface area (Å²) in [4.78, 5) is 0. The van der Waals surface area contributed by atoms with Crippen LogP contribution in [0.1, 0.15) is 46.6 Å². The van der Waals surface area contributed by atoms with E-state index in [4.69, 9.17) is 9.47 Å². The number of rotatable bonds is 8. The van der Waals surface area contributed by atoms with E-state index in [1.165, 1.54) is 0 Å². The number of hydrogen-bond donors (Lipinski definition) is 1. The number of aromatic nitrogens is 7. The zero-order valence-electron chi connectivity index (χ0n) is 23.9. The topological polar surface area (TPSA) is 105 Å². The first-order valence-corrected chi connectivity index (χ1v) is 17.0. The van der Waals surface area contributed by atoms with E-state index < -0.39 is 8.07 Å². The fourth-order valence-electron chi connectivity index (χ4n) is 5.68. The molecule has 11 heteroatoms. The Kier molecular flexibility index (Phi) is 6.81. The molecule has 0 radical (unpaired) electrons. The Balaban J connectivity index is 1.42. The summed E-state index contributed by atoms with van der Waals surface area (Å²) in [6.45, 7) is 17.1. The molecule has 1 aliphatic heterocycles. The number of nitrogens with one attached hydrogen (secondary N) is 1. The summed E-state index contributed by atoms with van der Waals surface area (Å²) in [6.07, 6.45) is 3.73. The van der Waals surface area contributed by atoms with E-state index in [1.807, 2.05) is 33.8 Å². The molecule has 4 heterocycles. The Morgan fingerprint density at radius 1 is 1.03 bits per heavy atom. The highest BCUT2D eigenvalue weighted by molar-refractivity contribution is 6.76. The number of piperidine rings is 1. The highest BCUT2D eigenvalue weighted by Crippen LogP contribution is 2.37. The molecule has 10 nitrogen and oxygen atoms in total. The van der Waals surface area contributed by atoms with Crippen LogP contribution in [-0.4, -0.2) is 67.8 Å². The van der Waals surface area contributed by atoms with E-state index in [-0.39, 0.29) is 17.1 Å². The maximum atomic E-state index is 5.93. The fraction of sp³-hybridized carbons (Fsp3) is 0.593. The fourth-order valence-corrected chi connectivity index (χ4v) is 6.43. The van der Waals surface area contributed by atoms with Gasteiger partial charge in [-0.15, -0.1) is 15.3 Å². The molecule has 0 spiro atoms. The first-order chi connectivity index (χ1) is 17.8. The van der Waals surface area contributed by atoms with Crippen molar-refractivity contribution in [2.75, 3.05) is 13.7 Å². The van der Waals surface area contributed by atoms with Gasteiger partial charge in [0.25, 0.3) is 0 Å². The number of hydrogen-bond acceptors (Lipinski definition) is 8. The molecule has 0 bridgehead atoms. The van der Waals surface area contributed by atoms with Gasteiger partial charge in [0.15, 0.2) is 0 Å². The lowest BCUT2D eigenvalue weighted by atomic mass is 9.80. The first-order valence-electron chi connectivity index (χ1n) is 13.3. The van der Waals surface area contributed by atoms with Gasteiger partial charge in [0.1, 0.15) is 18.0 Å². The third-order valence-corrected chi connectivity index (χ3v) is 8.89.